The topological polar surface area (TPSA) is 538 Å². The van der Waals surface area contributed by atoms with E-state index in [1.54, 1.807) is 69.0 Å². The van der Waals surface area contributed by atoms with Gasteiger partial charge in [0.2, 0.25) is 23.6 Å². The minimum Gasteiger partial charge on any atom is -0.459 e. The highest BCUT2D eigenvalue weighted by Crippen LogP contribution is 2.40. The number of aryl methyl sites for hydroxylation is 1. The van der Waals surface area contributed by atoms with Gasteiger partial charge in [0.15, 0.2) is 17.0 Å². The molecule has 130 heavy (non-hydrogen) atoms. The maximum Gasteiger partial charge on any atom is 0.407 e. The molecule has 5 aliphatic rings. The average molecular weight is 1800 g/mol. The van der Waals surface area contributed by atoms with Crippen molar-refractivity contribution < 1.29 is 91.3 Å². The molecule has 40 nitrogen and oxygen atoms in total. The number of nitrogens with zero attached hydrogens (tertiary/aromatic N) is 15. The Labute approximate surface area is 753 Å². The maximum atomic E-state index is 14.7. The number of carbonyl (C=O) groups is 8. The van der Waals surface area contributed by atoms with Crippen LogP contribution in [0.1, 0.15) is 166 Å². The molecule has 7 aromatic rings. The van der Waals surface area contributed by atoms with E-state index in [0.29, 0.717) is 160 Å². The molecular formula is C90H123N21O19. The normalized spacial score (nSPS) is 26.1. The Kier molecular flexibility index (Phi) is 34.8. The zero-order valence-electron chi connectivity index (χ0n) is 75.1. The van der Waals surface area contributed by atoms with Gasteiger partial charge in [-0.25, -0.2) is 48.9 Å². The summed E-state index contributed by atoms with van der Waals surface area (Å²) < 4.78 is 49.9. The quantitative estimate of drug-likeness (QED) is 0.0119. The van der Waals surface area contributed by atoms with Crippen LogP contribution in [-0.4, -0.2) is 268 Å². The number of hydrogen-bond acceptors (Lipinski definition) is 34. The Bertz CT molecular complexity index is 5150. The highest BCUT2D eigenvalue weighted by atomic mass is 16.6. The molecule has 1 aliphatic carbocycles. The molecule has 4 fully saturated rings. The number of fused-ring (bicyclic) bond motifs is 5. The third-order valence-electron chi connectivity index (χ3n) is 24.8. The number of ether oxygens (including phenoxy) is 7. The molecule has 40 heteroatoms. The van der Waals surface area contributed by atoms with E-state index in [-0.39, 0.29) is 120 Å². The number of oxazole rings is 1. The number of methoxy groups -OCH3 is 2. The van der Waals surface area contributed by atoms with E-state index < -0.39 is 114 Å². The van der Waals surface area contributed by atoms with Gasteiger partial charge in [-0.05, 0) is 132 Å². The molecule has 15 atom stereocenters. The van der Waals surface area contributed by atoms with Gasteiger partial charge in [-0.3, -0.25) is 28.8 Å². The summed E-state index contributed by atoms with van der Waals surface area (Å²) in [6, 6.07) is 2.99. The molecule has 1 saturated carbocycles. The molecule has 12 rings (SSSR count). The number of benzene rings is 1. The first-order valence-electron chi connectivity index (χ1n) is 44.7. The Morgan fingerprint density at radius 1 is 0.762 bits per heavy atom. The second-order valence-corrected chi connectivity index (χ2v) is 34.4. The number of nitrogen functional groups attached to an aromatic ring is 2. The summed E-state index contributed by atoms with van der Waals surface area (Å²) in [5.74, 6) is -8.44. The SMILES string of the molecule is CO[C@H]1C[C@@H]2CC[C@@H](C)[C@@](O)(O2)C(=O)C(=O)N2CCCC[C@H]2C(=O)O[C@H]([C@H](N)C[C@@H]2CC[C@H](n3cc(COC(=O)NCCOCCOCCC(=O)NCc4cnc(N5CCN(c6ncc(C(=O)NCCCCn7nc(-c8ccc9oc(N)nc9c8)c8c(N)ncnc87)cn6)CC5)nc4)nn3)[C@H](OC)C2)CC(=O)[C@H](C)/C=C(\C)[C@@H](O)[C@@H](O)C(=O)[C@H](C)C[C@H](C)/C=C/C=CC=C1C. The van der Waals surface area contributed by atoms with Crippen LogP contribution in [0.3, 0.4) is 0 Å². The van der Waals surface area contributed by atoms with Crippen LogP contribution in [0.4, 0.5) is 28.5 Å². The van der Waals surface area contributed by atoms with Crippen molar-refractivity contribution in [2.24, 2.45) is 35.3 Å². The number of nitrogens with two attached hydrogens (primary N) is 3. The molecule has 10 heterocycles. The number of aliphatic hydroxyl groups is 3. The highest BCUT2D eigenvalue weighted by molar-refractivity contribution is 6.39. The van der Waals surface area contributed by atoms with Crippen LogP contribution in [0.2, 0.25) is 0 Å². The number of carbonyl (C=O) groups excluding carboxylic acids is 8. The van der Waals surface area contributed by atoms with Gasteiger partial charge in [-0.2, -0.15) is 10.1 Å². The standard InChI is InChI=1S/C90H123N21O19/c1-53-16-10-9-11-17-54(2)71(123-7)43-64-22-19-58(6)90(122,130-64)80(117)84(119)109-28-14-12-18-68(109)85(120)128-72(44-69(112)55(3)39-57(5)78(115)79(116)77(114)56(4)38-53)65(91)40-59-20-23-67(73(41-59)124-8)111-50-63(104-106-111)51-127-89(121)95-27-35-126-37-36-125-34-25-74(113)96-45-60-46-97-87(98-47-60)107-30-32-108(33-31-107)88-99-48-62(49-100-88)83(118)94-26-13-15-29-110-82-75(81(92)101-52-102-82)76(105-110)61-21-24-70-66(42-61)103-86(93)129-70/h9-11,16-17,21,24,39,42,46-50,52-53,55-56,58-59,64-65,67-68,71-73,78-79,115-116,122H,12-15,18-20,22-23,25-38,40-41,43-45,51,91H2,1-8H3,(H2,93,103)(H,94,118)(H,95,121)(H,96,113)(H2,92,101,102)/b11-9?,16-10+,54-17?,57-39+/t53-,55-,56-,58-,59+,64+,65-,67+,68+,71+,72+,73-,78-,79+,90-/m1/s1. The summed E-state index contributed by atoms with van der Waals surface area (Å²) in [4.78, 5) is 147. The first-order chi connectivity index (χ1) is 62.6. The van der Waals surface area contributed by atoms with Crippen LogP contribution in [0.15, 0.2) is 108 Å². The summed E-state index contributed by atoms with van der Waals surface area (Å²) in [7, 11) is 3.12. The van der Waals surface area contributed by atoms with E-state index in [0.717, 1.165) is 21.6 Å². The molecule has 12 N–H and O–H groups in total. The number of piperazine rings is 1. The van der Waals surface area contributed by atoms with Crippen molar-refractivity contribution in [3.05, 3.63) is 120 Å². The van der Waals surface area contributed by atoms with Gasteiger partial charge in [0.1, 0.15) is 65.8 Å². The van der Waals surface area contributed by atoms with Crippen molar-refractivity contribution >= 4 is 93.0 Å². The Hall–Kier alpha value is -11.5. The lowest BCUT2D eigenvalue weighted by Gasteiger charge is -2.42. The summed E-state index contributed by atoms with van der Waals surface area (Å²) in [6.45, 7) is 14.5. The van der Waals surface area contributed by atoms with E-state index in [9.17, 15) is 53.7 Å². The van der Waals surface area contributed by atoms with Crippen molar-refractivity contribution in [2.45, 2.75) is 218 Å². The molecule has 702 valence electrons. The molecule has 0 unspecified atom stereocenters. The number of cyclic esters (lactones) is 1. The second-order valence-electron chi connectivity index (χ2n) is 34.4. The van der Waals surface area contributed by atoms with Crippen molar-refractivity contribution in [1.82, 2.24) is 80.5 Å². The van der Waals surface area contributed by atoms with Crippen LogP contribution < -0.4 is 43.0 Å². The third kappa shape index (κ3) is 25.6. The van der Waals surface area contributed by atoms with Crippen LogP contribution >= 0.6 is 0 Å². The van der Waals surface area contributed by atoms with Crippen molar-refractivity contribution in [3.8, 4) is 11.3 Å². The van der Waals surface area contributed by atoms with Crippen molar-refractivity contribution in [1.29, 1.82) is 0 Å². The first-order valence-corrected chi connectivity index (χ1v) is 44.7. The van der Waals surface area contributed by atoms with E-state index in [4.69, 9.17) is 59.9 Å². The van der Waals surface area contributed by atoms with Crippen molar-refractivity contribution in [2.75, 3.05) is 108 Å². The number of allylic oxidation sites excluding steroid dienone is 6. The fourth-order valence-electron chi connectivity index (χ4n) is 17.2. The molecule has 6 aromatic heterocycles. The number of hydrogen-bond donors (Lipinski definition) is 9. The second kappa shape index (κ2) is 46.3. The zero-order chi connectivity index (χ0) is 92.7. The maximum absolute atomic E-state index is 14.7. The summed E-state index contributed by atoms with van der Waals surface area (Å²) in [6.07, 6.45) is 18.7. The number of unbranched alkanes of at least 4 members (excludes halogenated alkanes) is 1. The minimum atomic E-state index is -2.52. The molecule has 2 bridgehead atoms. The number of Topliss-reactive ketones (excluding diaryl/α,β-unsaturated/α-hetero) is 3. The molecule has 4 amide bonds. The van der Waals surface area contributed by atoms with E-state index in [2.05, 4.69) is 66.1 Å². The lowest BCUT2D eigenvalue weighted by molar-refractivity contribution is -0.265. The monoisotopic (exact) mass is 1800 g/mol. The fraction of sp³-hybridized carbons (Fsp3) is 0.578. The summed E-state index contributed by atoms with van der Waals surface area (Å²) >= 11 is 0. The number of ketones is 3. The number of amides is 4. The number of nitrogens with one attached hydrogen (secondary N) is 3. The Morgan fingerprint density at radius 3 is 2.24 bits per heavy atom. The molecule has 4 aliphatic heterocycles. The van der Waals surface area contributed by atoms with Gasteiger partial charge < -0.3 is 101 Å². The van der Waals surface area contributed by atoms with Crippen molar-refractivity contribution in [3.63, 3.8) is 0 Å². The van der Waals surface area contributed by atoms with Crippen LogP contribution in [0.5, 0.6) is 0 Å². The number of anilines is 4. The van der Waals surface area contributed by atoms with Gasteiger partial charge >= 0.3 is 12.1 Å². The van der Waals surface area contributed by atoms with Gasteiger partial charge in [0.25, 0.3) is 23.6 Å². The Morgan fingerprint density at radius 2 is 1.50 bits per heavy atom. The Balaban J connectivity index is 0.530. The number of alkyl carbamates (subject to hydrolysis) is 1. The number of rotatable bonds is 28. The summed E-state index contributed by atoms with van der Waals surface area (Å²) in [5, 5.41) is 57.2. The highest BCUT2D eigenvalue weighted by Gasteiger charge is 2.53. The lowest BCUT2D eigenvalue weighted by Crippen LogP contribution is -2.61. The van der Waals surface area contributed by atoms with E-state index in [1.807, 2.05) is 61.3 Å². The van der Waals surface area contributed by atoms with Gasteiger partial charge in [-0.15, -0.1) is 5.10 Å². The van der Waals surface area contributed by atoms with Crippen LogP contribution in [-0.2, 0) is 81.6 Å². The molecule has 3 saturated heterocycles. The average Bonchev–Trinajstić information content (AvgIpc) is 1.57. The molecule has 0 spiro atoms. The van der Waals surface area contributed by atoms with E-state index >= 15 is 0 Å². The van der Waals surface area contributed by atoms with Crippen LogP contribution in [0, 0.1) is 29.6 Å². The van der Waals surface area contributed by atoms with Crippen LogP contribution in [0.25, 0.3) is 33.4 Å². The molecular weight excluding hydrogens is 1680 g/mol. The van der Waals surface area contributed by atoms with Gasteiger partial charge in [-0.1, -0.05) is 69.4 Å². The number of piperidine rings is 1. The number of aliphatic hydroxyl groups excluding tert-OH is 2. The molecule has 0 radical (unpaired) electrons. The largest absolute Gasteiger partial charge is 0.459 e. The zero-order valence-corrected chi connectivity index (χ0v) is 75.1. The van der Waals surface area contributed by atoms with Gasteiger partial charge in [0, 0.05) is 152 Å². The predicted molar refractivity (Wildman–Crippen MR) is 476 cm³/mol. The smallest absolute Gasteiger partial charge is 0.407 e. The molecule has 1 aromatic carbocycles. The lowest BCUT2D eigenvalue weighted by atomic mass is 9.79. The minimum absolute atomic E-state index is 0.00525. The fourth-order valence-corrected chi connectivity index (χ4v) is 17.2. The van der Waals surface area contributed by atoms with Gasteiger partial charge in [0.05, 0.1) is 67.9 Å². The number of aromatic nitrogens is 12. The first kappa shape index (κ1) is 97.6. The van der Waals surface area contributed by atoms with E-state index in [1.165, 1.54) is 31.7 Å². The number of esters is 1. The predicted octanol–water partition coefficient (Wildman–Crippen LogP) is 5.88. The third-order valence-corrected chi connectivity index (χ3v) is 24.8. The summed E-state index contributed by atoms with van der Waals surface area (Å²) in [5.41, 5.74) is 24.7.